The van der Waals surface area contributed by atoms with Gasteiger partial charge in [-0.3, -0.25) is 4.79 Å². The molecule has 0 saturated heterocycles. The molecule has 0 bridgehead atoms. The molecule has 1 aromatic carbocycles. The van der Waals surface area contributed by atoms with Gasteiger partial charge in [-0.05, 0) is 12.8 Å². The molecule has 2 heteroatoms. The Labute approximate surface area is 103 Å². The van der Waals surface area contributed by atoms with E-state index >= 15 is 0 Å². The van der Waals surface area contributed by atoms with Gasteiger partial charge in [0.05, 0.1) is 6.10 Å². The van der Waals surface area contributed by atoms with Crippen LogP contribution >= 0.6 is 0 Å². The maximum absolute atomic E-state index is 11.8. The van der Waals surface area contributed by atoms with Gasteiger partial charge in [-0.25, -0.2) is 0 Å². The highest BCUT2D eigenvalue weighted by atomic mass is 16.5. The Kier molecular flexibility index (Phi) is 4.75. The molecule has 1 aromatic rings. The van der Waals surface area contributed by atoms with E-state index in [0.29, 0.717) is 6.10 Å². The van der Waals surface area contributed by atoms with Crippen molar-refractivity contribution in [3.63, 3.8) is 0 Å². The summed E-state index contributed by atoms with van der Waals surface area (Å²) in [6, 6.07) is 9.39. The van der Waals surface area contributed by atoms with Crippen molar-refractivity contribution in [2.24, 2.45) is 0 Å². The molecule has 0 aliphatic heterocycles. The molecule has 17 heavy (non-hydrogen) atoms. The van der Waals surface area contributed by atoms with Crippen LogP contribution in [-0.2, 0) is 4.74 Å². The van der Waals surface area contributed by atoms with Crippen LogP contribution in [0.1, 0.15) is 48.9 Å². The topological polar surface area (TPSA) is 26.3 Å². The molecule has 1 saturated carbocycles. The lowest BCUT2D eigenvalue weighted by Gasteiger charge is -2.14. The van der Waals surface area contributed by atoms with Crippen LogP contribution in [0.4, 0.5) is 0 Å². The normalized spacial score (nSPS) is 17.6. The summed E-state index contributed by atoms with van der Waals surface area (Å²) < 4.78 is 5.73. The molecular weight excluding hydrogens is 212 g/mol. The van der Waals surface area contributed by atoms with Crippen molar-refractivity contribution in [1.29, 1.82) is 0 Å². The van der Waals surface area contributed by atoms with Crippen LogP contribution in [0.25, 0.3) is 0 Å². The minimum absolute atomic E-state index is 0.0925. The number of hydrogen-bond acceptors (Lipinski definition) is 2. The Bertz CT molecular complexity index is 337. The number of benzene rings is 1. The predicted molar refractivity (Wildman–Crippen MR) is 68.2 cm³/mol. The number of carbonyl (C=O) groups is 1. The van der Waals surface area contributed by atoms with Crippen molar-refractivity contribution < 1.29 is 9.53 Å². The van der Waals surface area contributed by atoms with E-state index in [-0.39, 0.29) is 12.4 Å². The first-order valence-corrected chi connectivity index (χ1v) is 6.56. The van der Waals surface area contributed by atoms with E-state index in [9.17, 15) is 4.79 Å². The fraction of sp³-hybridized carbons (Fsp3) is 0.533. The van der Waals surface area contributed by atoms with Gasteiger partial charge in [0, 0.05) is 5.56 Å². The van der Waals surface area contributed by atoms with Gasteiger partial charge in [0.15, 0.2) is 5.78 Å². The summed E-state index contributed by atoms with van der Waals surface area (Å²) >= 11 is 0. The first kappa shape index (κ1) is 12.3. The Morgan fingerprint density at radius 3 is 2.35 bits per heavy atom. The number of ether oxygens (including phenoxy) is 1. The number of hydrogen-bond donors (Lipinski definition) is 0. The molecule has 0 N–H and O–H groups in total. The van der Waals surface area contributed by atoms with Gasteiger partial charge in [0.25, 0.3) is 0 Å². The zero-order valence-corrected chi connectivity index (χ0v) is 10.2. The zero-order chi connectivity index (χ0) is 11.9. The van der Waals surface area contributed by atoms with E-state index in [1.165, 1.54) is 25.7 Å². The Morgan fingerprint density at radius 1 is 1.06 bits per heavy atom. The third kappa shape index (κ3) is 3.97. The van der Waals surface area contributed by atoms with Crippen molar-refractivity contribution in [2.45, 2.75) is 44.6 Å². The maximum atomic E-state index is 11.8. The quantitative estimate of drug-likeness (QED) is 0.585. The predicted octanol–water partition coefficient (Wildman–Crippen LogP) is 3.61. The maximum Gasteiger partial charge on any atom is 0.188 e. The van der Waals surface area contributed by atoms with Gasteiger partial charge < -0.3 is 4.74 Å². The Hall–Kier alpha value is -1.15. The second-order valence-corrected chi connectivity index (χ2v) is 4.71. The highest BCUT2D eigenvalue weighted by Gasteiger charge is 2.14. The van der Waals surface area contributed by atoms with E-state index in [4.69, 9.17) is 4.74 Å². The third-order valence-electron chi connectivity index (χ3n) is 3.35. The van der Waals surface area contributed by atoms with E-state index < -0.39 is 0 Å². The molecule has 92 valence electrons. The van der Waals surface area contributed by atoms with E-state index in [0.717, 1.165) is 18.4 Å². The summed E-state index contributed by atoms with van der Waals surface area (Å²) in [6.45, 7) is 0.231. The lowest BCUT2D eigenvalue weighted by Crippen LogP contribution is -2.18. The summed E-state index contributed by atoms with van der Waals surface area (Å²) in [6.07, 6.45) is 7.63. The van der Waals surface area contributed by atoms with Crippen LogP contribution < -0.4 is 0 Å². The highest BCUT2D eigenvalue weighted by molar-refractivity contribution is 5.96. The van der Waals surface area contributed by atoms with E-state index in [1.54, 1.807) is 0 Å². The monoisotopic (exact) mass is 232 g/mol. The molecule has 2 nitrogen and oxygen atoms in total. The van der Waals surface area contributed by atoms with Gasteiger partial charge in [-0.1, -0.05) is 56.0 Å². The van der Waals surface area contributed by atoms with E-state index in [2.05, 4.69) is 0 Å². The molecule has 0 aromatic heterocycles. The zero-order valence-electron chi connectivity index (χ0n) is 10.2. The molecular formula is C15H20O2. The molecule has 2 rings (SSSR count). The molecule has 0 spiro atoms. The molecule has 0 unspecified atom stereocenters. The Morgan fingerprint density at radius 2 is 1.71 bits per heavy atom. The molecule has 1 aliphatic carbocycles. The first-order chi connectivity index (χ1) is 8.36. The summed E-state index contributed by atoms with van der Waals surface area (Å²) in [5.74, 6) is 0.0925. The standard InChI is InChI=1S/C15H20O2/c16-15(13-8-4-3-5-9-13)12-17-14-10-6-1-2-7-11-14/h3-5,8-9,14H,1-2,6-7,10-12H2. The number of carbonyl (C=O) groups excluding carboxylic acids is 1. The average molecular weight is 232 g/mol. The second kappa shape index (κ2) is 6.55. The van der Waals surface area contributed by atoms with Gasteiger partial charge in [0.1, 0.15) is 6.61 Å². The number of Topliss-reactive ketones (excluding diaryl/α,β-unsaturated/α-hetero) is 1. The molecule has 0 radical (unpaired) electrons. The van der Waals surface area contributed by atoms with Crippen LogP contribution in [-0.4, -0.2) is 18.5 Å². The molecule has 0 heterocycles. The van der Waals surface area contributed by atoms with Gasteiger partial charge in [0.2, 0.25) is 0 Å². The number of ketones is 1. The lowest BCUT2D eigenvalue weighted by molar-refractivity contribution is 0.0389. The smallest absolute Gasteiger partial charge is 0.188 e. The molecule has 0 amide bonds. The fourth-order valence-corrected chi connectivity index (χ4v) is 2.31. The second-order valence-electron chi connectivity index (χ2n) is 4.71. The largest absolute Gasteiger partial charge is 0.370 e. The van der Waals surface area contributed by atoms with E-state index in [1.807, 2.05) is 30.3 Å². The van der Waals surface area contributed by atoms with Crippen molar-refractivity contribution >= 4 is 5.78 Å². The van der Waals surface area contributed by atoms with Gasteiger partial charge in [-0.2, -0.15) is 0 Å². The van der Waals surface area contributed by atoms with Crippen LogP contribution in [0.5, 0.6) is 0 Å². The van der Waals surface area contributed by atoms with Crippen LogP contribution in [0.2, 0.25) is 0 Å². The van der Waals surface area contributed by atoms with Gasteiger partial charge in [-0.15, -0.1) is 0 Å². The minimum Gasteiger partial charge on any atom is -0.370 e. The van der Waals surface area contributed by atoms with Crippen LogP contribution in [0.3, 0.4) is 0 Å². The minimum atomic E-state index is 0.0925. The highest BCUT2D eigenvalue weighted by Crippen LogP contribution is 2.19. The van der Waals surface area contributed by atoms with Crippen molar-refractivity contribution in [1.82, 2.24) is 0 Å². The molecule has 0 atom stereocenters. The van der Waals surface area contributed by atoms with Crippen molar-refractivity contribution in [3.8, 4) is 0 Å². The van der Waals surface area contributed by atoms with Gasteiger partial charge >= 0.3 is 0 Å². The lowest BCUT2D eigenvalue weighted by atomic mass is 10.1. The van der Waals surface area contributed by atoms with Crippen LogP contribution in [0, 0.1) is 0 Å². The summed E-state index contributed by atoms with van der Waals surface area (Å²) in [4.78, 5) is 11.8. The fourth-order valence-electron chi connectivity index (χ4n) is 2.31. The molecule has 1 aliphatic rings. The first-order valence-electron chi connectivity index (χ1n) is 6.56. The van der Waals surface area contributed by atoms with Crippen LogP contribution in [0.15, 0.2) is 30.3 Å². The summed E-state index contributed by atoms with van der Waals surface area (Å²) in [5, 5.41) is 0. The Balaban J connectivity index is 1.79. The van der Waals surface area contributed by atoms with Crippen molar-refractivity contribution in [3.05, 3.63) is 35.9 Å². The SMILES string of the molecule is O=C(COC1CCCCCC1)c1ccccc1. The number of rotatable bonds is 4. The summed E-state index contributed by atoms with van der Waals surface area (Å²) in [7, 11) is 0. The summed E-state index contributed by atoms with van der Waals surface area (Å²) in [5.41, 5.74) is 0.751. The van der Waals surface area contributed by atoms with Crippen molar-refractivity contribution in [2.75, 3.05) is 6.61 Å². The average Bonchev–Trinajstić information content (AvgIpc) is 2.65. The molecule has 1 fully saturated rings. The third-order valence-corrected chi connectivity index (χ3v) is 3.35.